The fraction of sp³-hybridized carbons (Fsp3) is 0.667. The summed E-state index contributed by atoms with van der Waals surface area (Å²) in [5.41, 5.74) is 0.195. The molecule has 1 rings (SSSR count). The number of hydrogen-bond acceptors (Lipinski definition) is 3. The highest BCUT2D eigenvalue weighted by atomic mass is 16.5. The molecule has 0 spiro atoms. The molecule has 0 aliphatic rings. The number of aromatic amines is 1. The van der Waals surface area contributed by atoms with Crippen LogP contribution in [-0.4, -0.2) is 28.8 Å². The fourth-order valence-corrected chi connectivity index (χ4v) is 1.28. The molecule has 1 amide bonds. The van der Waals surface area contributed by atoms with Gasteiger partial charge in [0.1, 0.15) is 5.60 Å². The van der Waals surface area contributed by atoms with Crippen LogP contribution in [0.3, 0.4) is 0 Å². The van der Waals surface area contributed by atoms with Gasteiger partial charge in [0.15, 0.2) is 5.82 Å². The van der Waals surface area contributed by atoms with Crippen molar-refractivity contribution in [2.45, 2.75) is 45.6 Å². The highest BCUT2D eigenvalue weighted by molar-refractivity contribution is 5.95. The van der Waals surface area contributed by atoms with Crippen LogP contribution in [0.1, 0.15) is 39.3 Å². The van der Waals surface area contributed by atoms with Gasteiger partial charge in [-0.3, -0.25) is 9.89 Å². The zero-order chi connectivity index (χ0) is 12.9. The summed E-state index contributed by atoms with van der Waals surface area (Å²) in [7, 11) is 1.51. The van der Waals surface area contributed by atoms with Crippen molar-refractivity contribution in [3.8, 4) is 0 Å². The van der Waals surface area contributed by atoms with Crippen LogP contribution in [0, 0.1) is 0 Å². The molecule has 17 heavy (non-hydrogen) atoms. The lowest BCUT2D eigenvalue weighted by molar-refractivity contribution is -0.133. The van der Waals surface area contributed by atoms with E-state index in [9.17, 15) is 4.79 Å². The first-order valence-electron chi connectivity index (χ1n) is 5.90. The number of amides is 1. The van der Waals surface area contributed by atoms with E-state index in [1.54, 1.807) is 13.8 Å². The molecule has 0 aliphatic carbocycles. The Bertz CT molecular complexity index is 372. The van der Waals surface area contributed by atoms with Gasteiger partial charge >= 0.3 is 0 Å². The topological polar surface area (TPSA) is 67.0 Å². The van der Waals surface area contributed by atoms with Gasteiger partial charge in [-0.25, -0.2) is 0 Å². The number of ether oxygens (including phenoxy) is 1. The molecule has 5 heteroatoms. The smallest absolute Gasteiger partial charge is 0.257 e. The molecule has 0 bridgehead atoms. The summed E-state index contributed by atoms with van der Waals surface area (Å²) in [6.07, 6.45) is 3.20. The first-order valence-corrected chi connectivity index (χ1v) is 5.90. The number of hydrogen-bond donors (Lipinski definition) is 2. The largest absolute Gasteiger partial charge is 0.369 e. The predicted molar refractivity (Wildman–Crippen MR) is 66.9 cm³/mol. The maximum absolute atomic E-state index is 11.8. The molecule has 0 aromatic carbocycles. The fourth-order valence-electron chi connectivity index (χ4n) is 1.28. The number of rotatable bonds is 6. The summed E-state index contributed by atoms with van der Waals surface area (Å²) in [6, 6.07) is 1.86. The van der Waals surface area contributed by atoms with Gasteiger partial charge < -0.3 is 10.1 Å². The number of carbonyl (C=O) groups is 1. The number of nitrogens with one attached hydrogen (secondary N) is 2. The quantitative estimate of drug-likeness (QED) is 0.799. The number of aromatic nitrogens is 2. The third-order valence-electron chi connectivity index (χ3n) is 2.73. The van der Waals surface area contributed by atoms with E-state index in [1.165, 1.54) is 7.11 Å². The summed E-state index contributed by atoms with van der Waals surface area (Å²) in [6.45, 7) is 5.57. The lowest BCUT2D eigenvalue weighted by atomic mass is 10.1. The minimum atomic E-state index is -0.845. The van der Waals surface area contributed by atoms with Crippen LogP contribution in [0.2, 0.25) is 0 Å². The molecule has 5 nitrogen and oxygen atoms in total. The molecule has 0 fully saturated rings. The molecule has 0 unspecified atom stereocenters. The van der Waals surface area contributed by atoms with E-state index < -0.39 is 5.60 Å². The second kappa shape index (κ2) is 5.82. The van der Waals surface area contributed by atoms with E-state index in [4.69, 9.17) is 4.74 Å². The lowest BCUT2D eigenvalue weighted by Gasteiger charge is -2.20. The predicted octanol–water partition coefficient (Wildman–Crippen LogP) is 2.12. The average Bonchev–Trinajstić information content (AvgIpc) is 2.74. The Kier molecular flexibility index (Phi) is 4.69. The Balaban J connectivity index is 2.57. The molecular weight excluding hydrogens is 218 g/mol. The van der Waals surface area contributed by atoms with Crippen LogP contribution in [0.25, 0.3) is 0 Å². The van der Waals surface area contributed by atoms with Gasteiger partial charge in [-0.1, -0.05) is 13.3 Å². The van der Waals surface area contributed by atoms with Crippen molar-refractivity contribution in [1.82, 2.24) is 10.2 Å². The summed E-state index contributed by atoms with van der Waals surface area (Å²) in [4.78, 5) is 11.8. The van der Waals surface area contributed by atoms with Crippen LogP contribution in [0.4, 0.5) is 5.82 Å². The van der Waals surface area contributed by atoms with Crippen LogP contribution in [-0.2, 0) is 16.0 Å². The van der Waals surface area contributed by atoms with Crippen molar-refractivity contribution >= 4 is 11.7 Å². The van der Waals surface area contributed by atoms with Gasteiger partial charge in [-0.05, 0) is 26.7 Å². The van der Waals surface area contributed by atoms with Crippen LogP contribution >= 0.6 is 0 Å². The molecule has 0 atom stereocenters. The third-order valence-corrected chi connectivity index (χ3v) is 2.73. The molecule has 1 aromatic heterocycles. The average molecular weight is 239 g/mol. The van der Waals surface area contributed by atoms with E-state index >= 15 is 0 Å². The van der Waals surface area contributed by atoms with E-state index in [-0.39, 0.29) is 5.91 Å². The van der Waals surface area contributed by atoms with E-state index in [0.717, 1.165) is 25.0 Å². The Labute approximate surface area is 102 Å². The number of carbonyl (C=O) groups excluding carboxylic acids is 1. The number of nitrogens with zero attached hydrogens (tertiary/aromatic N) is 1. The Morgan fingerprint density at radius 3 is 2.88 bits per heavy atom. The third kappa shape index (κ3) is 3.85. The highest BCUT2D eigenvalue weighted by Gasteiger charge is 2.27. The van der Waals surface area contributed by atoms with Crippen molar-refractivity contribution in [2.24, 2.45) is 0 Å². The SMILES string of the molecule is CCCCc1cc(NC(=O)C(C)(C)OC)n[nH]1. The summed E-state index contributed by atoms with van der Waals surface area (Å²) in [5.74, 6) is 0.347. The first-order chi connectivity index (χ1) is 7.99. The number of anilines is 1. The molecular formula is C12H21N3O2. The molecule has 1 aromatic rings. The van der Waals surface area contributed by atoms with Gasteiger partial charge in [-0.2, -0.15) is 5.10 Å². The summed E-state index contributed by atoms with van der Waals surface area (Å²) >= 11 is 0. The molecule has 96 valence electrons. The van der Waals surface area contributed by atoms with E-state index in [0.29, 0.717) is 5.82 Å². The van der Waals surface area contributed by atoms with Crippen molar-refractivity contribution in [3.63, 3.8) is 0 Å². The Morgan fingerprint density at radius 2 is 2.29 bits per heavy atom. The van der Waals surface area contributed by atoms with Gasteiger partial charge in [0.2, 0.25) is 0 Å². The van der Waals surface area contributed by atoms with Crippen LogP contribution in [0.15, 0.2) is 6.07 Å². The van der Waals surface area contributed by atoms with Gasteiger partial charge in [0, 0.05) is 18.9 Å². The number of H-pyrrole nitrogens is 1. The van der Waals surface area contributed by atoms with Gasteiger partial charge in [0.05, 0.1) is 0 Å². The lowest BCUT2D eigenvalue weighted by Crippen LogP contribution is -2.38. The van der Waals surface area contributed by atoms with E-state index in [2.05, 4.69) is 22.4 Å². The molecule has 0 saturated heterocycles. The Morgan fingerprint density at radius 1 is 1.59 bits per heavy atom. The molecule has 1 heterocycles. The number of aryl methyl sites for hydroxylation is 1. The minimum Gasteiger partial charge on any atom is -0.369 e. The highest BCUT2D eigenvalue weighted by Crippen LogP contribution is 2.13. The molecule has 0 aliphatic heterocycles. The normalized spacial score (nSPS) is 11.5. The maximum Gasteiger partial charge on any atom is 0.257 e. The van der Waals surface area contributed by atoms with Gasteiger partial charge in [0.25, 0.3) is 5.91 Å². The standard InChI is InChI=1S/C12H21N3O2/c1-5-6-7-9-8-10(15-14-9)13-11(16)12(2,3)17-4/h8H,5-7H2,1-4H3,(H2,13,14,15,16). The second-order valence-corrected chi connectivity index (χ2v) is 4.55. The van der Waals surface area contributed by atoms with Crippen molar-refractivity contribution < 1.29 is 9.53 Å². The summed E-state index contributed by atoms with van der Waals surface area (Å²) in [5, 5.41) is 9.68. The molecule has 2 N–H and O–H groups in total. The zero-order valence-corrected chi connectivity index (χ0v) is 11.0. The monoisotopic (exact) mass is 239 g/mol. The van der Waals surface area contributed by atoms with Crippen molar-refractivity contribution in [2.75, 3.05) is 12.4 Å². The van der Waals surface area contributed by atoms with E-state index in [1.807, 2.05) is 6.07 Å². The van der Waals surface area contributed by atoms with Crippen molar-refractivity contribution in [3.05, 3.63) is 11.8 Å². The number of unbranched alkanes of at least 4 members (excludes halogenated alkanes) is 1. The zero-order valence-electron chi connectivity index (χ0n) is 11.0. The number of methoxy groups -OCH3 is 1. The van der Waals surface area contributed by atoms with Crippen LogP contribution in [0.5, 0.6) is 0 Å². The molecule has 0 saturated carbocycles. The van der Waals surface area contributed by atoms with Crippen LogP contribution < -0.4 is 5.32 Å². The van der Waals surface area contributed by atoms with Crippen molar-refractivity contribution in [1.29, 1.82) is 0 Å². The Hall–Kier alpha value is -1.36. The second-order valence-electron chi connectivity index (χ2n) is 4.55. The minimum absolute atomic E-state index is 0.200. The maximum atomic E-state index is 11.8. The molecule has 0 radical (unpaired) electrons. The van der Waals surface area contributed by atoms with Gasteiger partial charge in [-0.15, -0.1) is 0 Å². The summed E-state index contributed by atoms with van der Waals surface area (Å²) < 4.78 is 5.09. The first kappa shape index (κ1) is 13.7.